The molecule has 0 saturated heterocycles. The molecule has 1 saturated carbocycles. The number of primary amides is 1. The van der Waals surface area contributed by atoms with Crippen LogP contribution in [0.15, 0.2) is 0 Å². The maximum Gasteiger partial charge on any atom is 0.237 e. The Morgan fingerprint density at radius 1 is 1.57 bits per heavy atom. The molecule has 0 spiro atoms. The fraction of sp³-hybridized carbons (Fsp3) is 0.900. The fourth-order valence-corrected chi connectivity index (χ4v) is 1.65. The third kappa shape index (κ3) is 1.77. The molecule has 1 amide bonds. The van der Waals surface area contributed by atoms with Crippen LogP contribution in [0.4, 0.5) is 0 Å². The number of aliphatic hydroxyl groups excluding tert-OH is 1. The first kappa shape index (κ1) is 11.5. The van der Waals surface area contributed by atoms with Gasteiger partial charge in [-0.25, -0.2) is 0 Å². The summed E-state index contributed by atoms with van der Waals surface area (Å²) in [5.74, 6) is -0.366. The quantitative estimate of drug-likeness (QED) is 0.600. The van der Waals surface area contributed by atoms with Gasteiger partial charge < -0.3 is 16.2 Å². The summed E-state index contributed by atoms with van der Waals surface area (Å²) in [5, 5.41) is 12.7. The van der Waals surface area contributed by atoms with Gasteiger partial charge in [0, 0.05) is 11.5 Å². The van der Waals surface area contributed by atoms with Gasteiger partial charge in [0.05, 0.1) is 11.6 Å². The number of carbonyl (C=O) groups is 1. The molecule has 0 aromatic carbocycles. The van der Waals surface area contributed by atoms with Crippen molar-refractivity contribution in [2.24, 2.45) is 11.1 Å². The van der Waals surface area contributed by atoms with Gasteiger partial charge in [-0.1, -0.05) is 13.8 Å². The lowest BCUT2D eigenvalue weighted by Gasteiger charge is -2.51. The molecule has 4 N–H and O–H groups in total. The molecule has 2 unspecified atom stereocenters. The zero-order valence-corrected chi connectivity index (χ0v) is 9.29. The second-order valence-corrected chi connectivity index (χ2v) is 5.26. The third-order valence-electron chi connectivity index (χ3n) is 3.37. The molecule has 82 valence electrons. The van der Waals surface area contributed by atoms with Crippen molar-refractivity contribution in [3.8, 4) is 0 Å². The normalized spacial score (nSPS) is 30.9. The van der Waals surface area contributed by atoms with Crippen LogP contribution in [0.3, 0.4) is 0 Å². The molecule has 4 nitrogen and oxygen atoms in total. The van der Waals surface area contributed by atoms with Gasteiger partial charge in [-0.2, -0.15) is 0 Å². The minimum absolute atomic E-state index is 0.153. The Kier molecular flexibility index (Phi) is 2.63. The summed E-state index contributed by atoms with van der Waals surface area (Å²) in [4.78, 5) is 11.1. The molecule has 1 fully saturated rings. The predicted molar refractivity (Wildman–Crippen MR) is 54.6 cm³/mol. The van der Waals surface area contributed by atoms with Crippen LogP contribution in [0.1, 0.15) is 34.1 Å². The van der Waals surface area contributed by atoms with Crippen LogP contribution >= 0.6 is 0 Å². The lowest BCUT2D eigenvalue weighted by atomic mass is 9.64. The van der Waals surface area contributed by atoms with Crippen molar-refractivity contribution in [1.82, 2.24) is 5.32 Å². The summed E-state index contributed by atoms with van der Waals surface area (Å²) in [5.41, 5.74) is 4.38. The summed E-state index contributed by atoms with van der Waals surface area (Å²) >= 11 is 0. The lowest BCUT2D eigenvalue weighted by molar-refractivity contribution is -0.127. The van der Waals surface area contributed by atoms with Gasteiger partial charge in [0.2, 0.25) is 5.91 Å². The van der Waals surface area contributed by atoms with Gasteiger partial charge in [0.1, 0.15) is 0 Å². The first-order valence-electron chi connectivity index (χ1n) is 4.93. The Morgan fingerprint density at radius 2 is 2.07 bits per heavy atom. The summed E-state index contributed by atoms with van der Waals surface area (Å²) in [6.07, 6.45) is 0.396. The van der Waals surface area contributed by atoms with E-state index >= 15 is 0 Å². The Morgan fingerprint density at radius 3 is 2.36 bits per heavy atom. The van der Waals surface area contributed by atoms with Crippen LogP contribution in [0.2, 0.25) is 0 Å². The molecular formula is C10H20N2O2. The zero-order chi connectivity index (χ0) is 11.1. The number of nitrogens with two attached hydrogens (primary N) is 1. The van der Waals surface area contributed by atoms with Gasteiger partial charge in [-0.15, -0.1) is 0 Å². The highest BCUT2D eigenvalue weighted by Gasteiger charge is 2.49. The van der Waals surface area contributed by atoms with E-state index in [9.17, 15) is 9.90 Å². The van der Waals surface area contributed by atoms with E-state index in [-0.39, 0.29) is 23.5 Å². The van der Waals surface area contributed by atoms with Gasteiger partial charge in [0.15, 0.2) is 0 Å². The highest BCUT2D eigenvalue weighted by molar-refractivity contribution is 5.83. The van der Waals surface area contributed by atoms with E-state index in [1.807, 2.05) is 13.8 Å². The van der Waals surface area contributed by atoms with E-state index in [1.165, 1.54) is 0 Å². The number of carbonyl (C=O) groups excluding carboxylic acids is 1. The Balaban J connectivity index is 2.60. The molecule has 2 atom stereocenters. The van der Waals surface area contributed by atoms with E-state index in [1.54, 1.807) is 13.8 Å². The number of nitrogens with one attached hydrogen (secondary N) is 1. The van der Waals surface area contributed by atoms with Crippen molar-refractivity contribution in [3.05, 3.63) is 0 Å². The molecule has 4 heteroatoms. The highest BCUT2D eigenvalue weighted by Crippen LogP contribution is 2.41. The number of hydrogen-bond donors (Lipinski definition) is 3. The molecular weight excluding hydrogens is 180 g/mol. The average Bonchev–Trinajstić information content (AvgIpc) is 2.03. The van der Waals surface area contributed by atoms with Gasteiger partial charge in [0.25, 0.3) is 0 Å². The maximum absolute atomic E-state index is 11.1. The lowest BCUT2D eigenvalue weighted by Crippen LogP contribution is -2.66. The summed E-state index contributed by atoms with van der Waals surface area (Å²) in [7, 11) is 0. The summed E-state index contributed by atoms with van der Waals surface area (Å²) < 4.78 is 0. The largest absolute Gasteiger partial charge is 0.392 e. The van der Waals surface area contributed by atoms with E-state index < -0.39 is 5.54 Å². The minimum Gasteiger partial charge on any atom is -0.392 e. The first-order valence-corrected chi connectivity index (χ1v) is 4.93. The monoisotopic (exact) mass is 200 g/mol. The highest BCUT2D eigenvalue weighted by atomic mass is 16.3. The fourth-order valence-electron chi connectivity index (χ4n) is 1.65. The molecule has 1 aliphatic carbocycles. The molecule has 1 aliphatic rings. The Hall–Kier alpha value is -0.610. The number of rotatable bonds is 3. The SMILES string of the molecule is CC(C)(NC1CC(O)C1(C)C)C(N)=O. The van der Waals surface area contributed by atoms with E-state index in [4.69, 9.17) is 5.73 Å². The van der Waals surface area contributed by atoms with Crippen molar-refractivity contribution >= 4 is 5.91 Å². The van der Waals surface area contributed by atoms with Crippen molar-refractivity contribution in [1.29, 1.82) is 0 Å². The van der Waals surface area contributed by atoms with Gasteiger partial charge in [-0.3, -0.25) is 4.79 Å². The van der Waals surface area contributed by atoms with Crippen LogP contribution in [-0.4, -0.2) is 28.7 Å². The number of aliphatic hydroxyl groups is 1. The van der Waals surface area contributed by atoms with Crippen LogP contribution in [0.25, 0.3) is 0 Å². The van der Waals surface area contributed by atoms with Crippen LogP contribution in [-0.2, 0) is 4.79 Å². The van der Waals surface area contributed by atoms with Gasteiger partial charge in [-0.05, 0) is 20.3 Å². The molecule has 0 bridgehead atoms. The Bertz CT molecular complexity index is 249. The van der Waals surface area contributed by atoms with E-state index in [0.29, 0.717) is 6.42 Å². The molecule has 14 heavy (non-hydrogen) atoms. The number of amides is 1. The number of hydrogen-bond acceptors (Lipinski definition) is 3. The standard InChI is InChI=1S/C10H20N2O2/c1-9(2)6(5-7(9)13)12-10(3,4)8(11)14/h6-7,12-13H,5H2,1-4H3,(H2,11,14). The van der Waals surface area contributed by atoms with Crippen molar-refractivity contribution < 1.29 is 9.90 Å². The third-order valence-corrected chi connectivity index (χ3v) is 3.37. The molecule has 0 heterocycles. The van der Waals surface area contributed by atoms with Crippen LogP contribution in [0.5, 0.6) is 0 Å². The molecule has 0 aromatic rings. The molecule has 0 radical (unpaired) electrons. The first-order chi connectivity index (χ1) is 6.18. The average molecular weight is 200 g/mol. The van der Waals surface area contributed by atoms with E-state index in [2.05, 4.69) is 5.32 Å². The second-order valence-electron chi connectivity index (χ2n) is 5.26. The maximum atomic E-state index is 11.1. The smallest absolute Gasteiger partial charge is 0.237 e. The summed E-state index contributed by atoms with van der Waals surface area (Å²) in [6.45, 7) is 7.48. The second kappa shape index (κ2) is 3.21. The zero-order valence-electron chi connectivity index (χ0n) is 9.29. The van der Waals surface area contributed by atoms with Crippen molar-refractivity contribution in [2.45, 2.75) is 51.8 Å². The van der Waals surface area contributed by atoms with E-state index in [0.717, 1.165) is 0 Å². The predicted octanol–water partition coefficient (Wildman–Crippen LogP) is -0.000700. The van der Waals surface area contributed by atoms with Crippen LogP contribution in [0, 0.1) is 5.41 Å². The minimum atomic E-state index is -0.706. The van der Waals surface area contributed by atoms with Crippen molar-refractivity contribution in [2.75, 3.05) is 0 Å². The summed E-state index contributed by atoms with van der Waals surface area (Å²) in [6, 6.07) is 0.153. The molecule has 0 aromatic heterocycles. The Labute approximate surface area is 84.9 Å². The van der Waals surface area contributed by atoms with Crippen molar-refractivity contribution in [3.63, 3.8) is 0 Å². The topological polar surface area (TPSA) is 75.3 Å². The van der Waals surface area contributed by atoms with Gasteiger partial charge >= 0.3 is 0 Å². The molecule has 1 rings (SSSR count). The molecule has 0 aliphatic heterocycles. The van der Waals surface area contributed by atoms with Crippen LogP contribution < -0.4 is 11.1 Å².